The van der Waals surface area contributed by atoms with Gasteiger partial charge in [0.05, 0.1) is 27.7 Å². The number of esters is 2. The number of phosphoric ester groups is 1. The number of likely N-dealkylation sites (N-methyl/N-ethyl adjacent to an activating group) is 1. The molecule has 0 N–H and O–H groups in total. The summed E-state index contributed by atoms with van der Waals surface area (Å²) in [6.45, 7) is 4.04. The maximum atomic E-state index is 12.9. The summed E-state index contributed by atoms with van der Waals surface area (Å²) in [7, 11) is 1.17. The van der Waals surface area contributed by atoms with Gasteiger partial charge >= 0.3 is 11.9 Å². The zero-order chi connectivity index (χ0) is 68.3. The van der Waals surface area contributed by atoms with Gasteiger partial charge in [-0.2, -0.15) is 0 Å². The Kier molecular flexibility index (Phi) is 70.4. The van der Waals surface area contributed by atoms with Gasteiger partial charge < -0.3 is 27.9 Å². The van der Waals surface area contributed by atoms with Crippen LogP contribution < -0.4 is 4.89 Å². The van der Waals surface area contributed by atoms with E-state index in [0.29, 0.717) is 17.4 Å². The van der Waals surface area contributed by atoms with Crippen molar-refractivity contribution in [3.8, 4) is 0 Å². The molecule has 0 aliphatic carbocycles. The number of unbranched alkanes of at least 4 members (excludes halogenated alkanes) is 35. The van der Waals surface area contributed by atoms with Crippen LogP contribution >= 0.6 is 7.82 Å². The summed E-state index contributed by atoms with van der Waals surface area (Å²) in [5.74, 6) is -0.827. The van der Waals surface area contributed by atoms with Gasteiger partial charge in [0.25, 0.3) is 7.82 Å². The second kappa shape index (κ2) is 73.4. The molecule has 0 amide bonds. The molecule has 0 saturated heterocycles. The van der Waals surface area contributed by atoms with Crippen LogP contribution in [0.3, 0.4) is 0 Å². The van der Waals surface area contributed by atoms with Gasteiger partial charge in [0.15, 0.2) is 6.10 Å². The van der Waals surface area contributed by atoms with Gasteiger partial charge in [-0.3, -0.25) is 14.2 Å². The molecule has 0 radical (unpaired) electrons. The molecule has 94 heavy (non-hydrogen) atoms. The van der Waals surface area contributed by atoms with Crippen LogP contribution in [0.5, 0.6) is 0 Å². The van der Waals surface area contributed by atoms with Crippen LogP contribution in [0.15, 0.2) is 134 Å². The number of allylic oxidation sites excluding steroid dienone is 22. The number of carbonyl (C=O) groups excluding carboxylic acids is 2. The van der Waals surface area contributed by atoms with Crippen molar-refractivity contribution in [1.82, 2.24) is 0 Å². The highest BCUT2D eigenvalue weighted by molar-refractivity contribution is 7.45. The second-order valence-electron chi connectivity index (χ2n) is 27.0. The molecule has 0 aromatic carbocycles. The minimum Gasteiger partial charge on any atom is -0.756 e. The number of hydrogen-bond donors (Lipinski definition) is 0. The molecular weight excluding hydrogens is 1180 g/mol. The van der Waals surface area contributed by atoms with Crippen molar-refractivity contribution < 1.29 is 42.1 Å². The maximum Gasteiger partial charge on any atom is 0.306 e. The second-order valence-corrected chi connectivity index (χ2v) is 28.4. The highest BCUT2D eigenvalue weighted by atomic mass is 31.2. The van der Waals surface area contributed by atoms with Gasteiger partial charge in [-0.1, -0.05) is 347 Å². The minimum absolute atomic E-state index is 0.0344. The molecule has 540 valence electrons. The van der Waals surface area contributed by atoms with E-state index in [0.717, 1.165) is 109 Å². The van der Waals surface area contributed by atoms with Gasteiger partial charge in [-0.05, 0) is 109 Å². The largest absolute Gasteiger partial charge is 0.756 e. The van der Waals surface area contributed by atoms with Crippen molar-refractivity contribution in [2.75, 3.05) is 47.5 Å². The van der Waals surface area contributed by atoms with E-state index in [4.69, 9.17) is 18.5 Å². The van der Waals surface area contributed by atoms with Crippen molar-refractivity contribution in [1.29, 1.82) is 0 Å². The molecule has 0 saturated carbocycles. The summed E-state index contributed by atoms with van der Waals surface area (Å²) >= 11 is 0. The molecular formula is C84H146NO8P. The van der Waals surface area contributed by atoms with E-state index >= 15 is 0 Å². The average molecular weight is 1330 g/mol. The number of hydrogen-bond acceptors (Lipinski definition) is 8. The Bertz CT molecular complexity index is 2050. The van der Waals surface area contributed by atoms with Gasteiger partial charge in [0.1, 0.15) is 19.8 Å². The lowest BCUT2D eigenvalue weighted by atomic mass is 10.0. The molecule has 2 unspecified atom stereocenters. The fourth-order valence-electron chi connectivity index (χ4n) is 10.8. The fraction of sp³-hybridized carbons (Fsp3) is 0.714. The summed E-state index contributed by atoms with van der Waals surface area (Å²) in [5, 5.41) is 0. The van der Waals surface area contributed by atoms with Gasteiger partial charge in [-0.15, -0.1) is 0 Å². The molecule has 0 fully saturated rings. The highest BCUT2D eigenvalue weighted by Crippen LogP contribution is 2.38. The number of quaternary nitrogens is 1. The fourth-order valence-corrected chi connectivity index (χ4v) is 11.5. The van der Waals surface area contributed by atoms with E-state index in [1.807, 2.05) is 21.1 Å². The van der Waals surface area contributed by atoms with Gasteiger partial charge in [0, 0.05) is 12.8 Å². The predicted molar refractivity (Wildman–Crippen MR) is 406 cm³/mol. The summed E-state index contributed by atoms with van der Waals surface area (Å²) in [4.78, 5) is 38.2. The smallest absolute Gasteiger partial charge is 0.306 e. The Labute approximate surface area is 581 Å². The van der Waals surface area contributed by atoms with E-state index in [9.17, 15) is 19.0 Å². The van der Waals surface area contributed by atoms with Gasteiger partial charge in [-0.25, -0.2) is 0 Å². The first kappa shape index (κ1) is 90.2. The van der Waals surface area contributed by atoms with Crippen LogP contribution in [-0.2, 0) is 32.7 Å². The number of nitrogens with zero attached hydrogens (tertiary/aromatic N) is 1. The van der Waals surface area contributed by atoms with E-state index in [1.165, 1.54) is 193 Å². The van der Waals surface area contributed by atoms with Crippen LogP contribution in [0.1, 0.15) is 335 Å². The SMILES string of the molecule is CC/C=C\C/C=C\C/C=C\C/C=C\C/C=C\C/C=C\CCCCCCCCCCCCCCC(=O)OC(COC(=O)CCCCCCCCCCCCCCCCCCCCCCCCC/C=C\C/C=C\C/C=C\C/C=C\C/C=C\CC)COP(=O)([O-])OCC[N+](C)(C)C. The molecule has 9 nitrogen and oxygen atoms in total. The lowest BCUT2D eigenvalue weighted by Crippen LogP contribution is -2.37. The lowest BCUT2D eigenvalue weighted by Gasteiger charge is -2.28. The molecule has 2 atom stereocenters. The molecule has 0 spiro atoms. The molecule has 0 rings (SSSR count). The minimum atomic E-state index is -4.65. The standard InChI is InChI=1S/C84H146NO8P/c1-6-8-10-12-14-16-18-20-22-24-26-28-30-32-34-36-38-39-40-41-42-43-44-45-47-48-50-52-54-56-58-60-62-64-66-68-70-72-74-76-83(86)90-80-82(81-92-94(88,89)91-79-78-85(3,4)5)93-84(87)77-75-73-71-69-67-65-63-61-59-57-55-53-51-49-46-37-35-33-31-29-27-25-23-21-19-17-15-13-11-9-7-2/h8-11,14-17,20-23,26-29,32-35,46,49,82H,6-7,12-13,18-19,24-25,30-31,36-45,47-48,50-81H2,1-5H3/b10-8-,11-9-,16-14-,17-15-,22-20-,23-21-,28-26-,29-27-,34-32-,35-33-,49-46-. The zero-order valence-corrected chi connectivity index (χ0v) is 62.5. The third kappa shape index (κ3) is 77.2. The highest BCUT2D eigenvalue weighted by Gasteiger charge is 2.22. The van der Waals surface area contributed by atoms with Crippen LogP contribution in [0.2, 0.25) is 0 Å². The van der Waals surface area contributed by atoms with Crippen molar-refractivity contribution >= 4 is 19.8 Å². The predicted octanol–water partition coefficient (Wildman–Crippen LogP) is 25.3. The number of rotatable bonds is 71. The van der Waals surface area contributed by atoms with E-state index in [1.54, 1.807) is 0 Å². The molecule has 10 heteroatoms. The number of carbonyl (C=O) groups is 2. The Morgan fingerprint density at radius 3 is 0.851 bits per heavy atom. The summed E-state index contributed by atoms with van der Waals surface area (Å²) < 4.78 is 34.4. The van der Waals surface area contributed by atoms with E-state index < -0.39 is 26.5 Å². The van der Waals surface area contributed by atoms with Crippen molar-refractivity contribution in [2.45, 2.75) is 341 Å². The van der Waals surface area contributed by atoms with E-state index in [2.05, 4.69) is 148 Å². The molecule has 0 bridgehead atoms. The lowest BCUT2D eigenvalue weighted by molar-refractivity contribution is -0.870. The third-order valence-corrected chi connectivity index (χ3v) is 17.6. The third-order valence-electron chi connectivity index (χ3n) is 16.7. The Morgan fingerprint density at radius 1 is 0.330 bits per heavy atom. The maximum absolute atomic E-state index is 12.9. The van der Waals surface area contributed by atoms with Crippen molar-refractivity contribution in [3.63, 3.8) is 0 Å². The normalized spacial score (nSPS) is 13.8. The van der Waals surface area contributed by atoms with E-state index in [-0.39, 0.29) is 32.0 Å². The Morgan fingerprint density at radius 2 is 0.574 bits per heavy atom. The van der Waals surface area contributed by atoms with Crippen LogP contribution in [0, 0.1) is 0 Å². The quantitative estimate of drug-likeness (QED) is 0.0195. The molecule has 0 heterocycles. The number of phosphoric acid groups is 1. The van der Waals surface area contributed by atoms with Crippen molar-refractivity contribution in [3.05, 3.63) is 134 Å². The molecule has 0 aromatic heterocycles. The molecule has 0 aromatic rings. The first-order valence-corrected chi connectivity index (χ1v) is 40.4. The summed E-state index contributed by atoms with van der Waals surface area (Å²) in [6, 6.07) is 0. The van der Waals surface area contributed by atoms with Crippen LogP contribution in [-0.4, -0.2) is 70.0 Å². The zero-order valence-electron chi connectivity index (χ0n) is 61.6. The van der Waals surface area contributed by atoms with Gasteiger partial charge in [0.2, 0.25) is 0 Å². The molecule has 0 aliphatic rings. The number of ether oxygens (including phenoxy) is 2. The molecule has 0 aliphatic heterocycles. The average Bonchev–Trinajstić information content (AvgIpc) is 1.66. The Balaban J connectivity index is 3.97. The van der Waals surface area contributed by atoms with Crippen LogP contribution in [0.25, 0.3) is 0 Å². The first-order valence-electron chi connectivity index (χ1n) is 38.9. The van der Waals surface area contributed by atoms with Crippen LogP contribution in [0.4, 0.5) is 0 Å². The summed E-state index contributed by atoms with van der Waals surface area (Å²) in [5.41, 5.74) is 0. The topological polar surface area (TPSA) is 111 Å². The summed E-state index contributed by atoms with van der Waals surface area (Å²) in [6.07, 6.45) is 107. The van der Waals surface area contributed by atoms with Crippen molar-refractivity contribution in [2.24, 2.45) is 0 Å². The Hall–Kier alpha value is -3.85. The first-order chi connectivity index (χ1) is 46.0. The monoisotopic (exact) mass is 1330 g/mol.